The van der Waals surface area contributed by atoms with E-state index in [4.69, 9.17) is 4.74 Å². The Hall–Kier alpha value is -3.69. The Kier molecular flexibility index (Phi) is 7.22. The number of Topliss-reactive ketones (excluding diaryl/α,β-unsaturated/α-hetero) is 1. The fourth-order valence-corrected chi connectivity index (χ4v) is 5.41. The molecule has 1 saturated heterocycles. The summed E-state index contributed by atoms with van der Waals surface area (Å²) in [5.74, 6) is 1.37. The Labute approximate surface area is 229 Å². The smallest absolute Gasteiger partial charge is 0.245 e. The number of rotatable bonds is 9. The summed E-state index contributed by atoms with van der Waals surface area (Å²) < 4.78 is 7.54. The summed E-state index contributed by atoms with van der Waals surface area (Å²) in [6.07, 6.45) is 6.24. The standard InChI is InChI=1S/C29H38N6O4/c1-18(36)27-21-15-20(39-17-25-30-10-6-12-33(25)5)7-8-22(21)34(32-27)16-26(37)35-23-13-19(23)14-24(35)28(38)31-11-9-29(2,3)4/h6-8,10,15,19,23-24H,9,11-14,16-17H2,1-5H3,(H,31,38)/t19-,23-,24+/m1/s1. The number of ketones is 1. The number of piperidine rings is 1. The zero-order chi connectivity index (χ0) is 27.9. The van der Waals surface area contributed by atoms with Gasteiger partial charge in [0.05, 0.1) is 5.52 Å². The van der Waals surface area contributed by atoms with Gasteiger partial charge in [-0.05, 0) is 54.9 Å². The molecule has 3 atom stereocenters. The van der Waals surface area contributed by atoms with Gasteiger partial charge in [-0.25, -0.2) is 4.99 Å². The third kappa shape index (κ3) is 5.84. The summed E-state index contributed by atoms with van der Waals surface area (Å²) in [6.45, 7) is 9.51. The molecule has 5 rings (SSSR count). The number of carbonyl (C=O) groups excluding carboxylic acids is 3. The molecule has 1 saturated carbocycles. The largest absolute Gasteiger partial charge is 0.486 e. The number of ether oxygens (including phenoxy) is 1. The number of likely N-dealkylation sites (N-methyl/N-ethyl adjacent to an activating group) is 1. The van der Waals surface area contributed by atoms with E-state index in [-0.39, 0.29) is 35.6 Å². The summed E-state index contributed by atoms with van der Waals surface area (Å²) >= 11 is 0. The van der Waals surface area contributed by atoms with Crippen LogP contribution in [0.1, 0.15) is 57.4 Å². The lowest BCUT2D eigenvalue weighted by Gasteiger charge is -2.27. The second kappa shape index (κ2) is 10.5. The molecule has 208 valence electrons. The summed E-state index contributed by atoms with van der Waals surface area (Å²) in [5.41, 5.74) is 1.09. The van der Waals surface area contributed by atoms with Gasteiger partial charge in [-0.1, -0.05) is 20.8 Å². The van der Waals surface area contributed by atoms with Crippen molar-refractivity contribution in [3.8, 4) is 5.75 Å². The van der Waals surface area contributed by atoms with E-state index in [1.807, 2.05) is 30.2 Å². The highest BCUT2D eigenvalue weighted by Crippen LogP contribution is 2.48. The van der Waals surface area contributed by atoms with Crippen molar-refractivity contribution < 1.29 is 19.1 Å². The van der Waals surface area contributed by atoms with E-state index in [0.29, 0.717) is 47.8 Å². The maximum Gasteiger partial charge on any atom is 0.245 e. The topological polar surface area (TPSA) is 109 Å². The minimum absolute atomic E-state index is 0.0348. The molecule has 10 nitrogen and oxygen atoms in total. The first-order valence-corrected chi connectivity index (χ1v) is 13.7. The molecule has 1 aromatic heterocycles. The predicted octanol–water partition coefficient (Wildman–Crippen LogP) is 3.02. The third-order valence-electron chi connectivity index (χ3n) is 7.73. The molecule has 2 aromatic rings. The summed E-state index contributed by atoms with van der Waals surface area (Å²) in [7, 11) is 1.95. The number of likely N-dealkylation sites (tertiary alicyclic amines) is 1. The van der Waals surface area contributed by atoms with E-state index in [9.17, 15) is 14.4 Å². The van der Waals surface area contributed by atoms with Gasteiger partial charge in [0.15, 0.2) is 5.78 Å². The molecule has 0 radical (unpaired) electrons. The summed E-state index contributed by atoms with van der Waals surface area (Å²) in [4.78, 5) is 47.1. The lowest BCUT2D eigenvalue weighted by molar-refractivity contribution is -0.140. The zero-order valence-electron chi connectivity index (χ0n) is 23.4. The number of aromatic nitrogens is 2. The van der Waals surface area contributed by atoms with E-state index < -0.39 is 6.04 Å². The van der Waals surface area contributed by atoms with Gasteiger partial charge in [0.1, 0.15) is 36.5 Å². The average Bonchev–Trinajstić information content (AvgIpc) is 3.38. The maximum absolute atomic E-state index is 13.5. The van der Waals surface area contributed by atoms with E-state index in [0.717, 1.165) is 25.2 Å². The van der Waals surface area contributed by atoms with Crippen molar-refractivity contribution in [2.75, 3.05) is 26.7 Å². The van der Waals surface area contributed by atoms with Gasteiger partial charge in [-0.3, -0.25) is 19.1 Å². The van der Waals surface area contributed by atoms with Crippen molar-refractivity contribution in [3.63, 3.8) is 0 Å². The van der Waals surface area contributed by atoms with Crippen LogP contribution < -0.4 is 10.1 Å². The number of carbonyl (C=O) groups is 3. The van der Waals surface area contributed by atoms with Gasteiger partial charge in [0.25, 0.3) is 0 Å². The van der Waals surface area contributed by atoms with Crippen LogP contribution in [-0.4, -0.2) is 81.8 Å². The minimum Gasteiger partial charge on any atom is -0.486 e. The van der Waals surface area contributed by atoms with E-state index >= 15 is 0 Å². The van der Waals surface area contributed by atoms with Gasteiger partial charge in [0.2, 0.25) is 11.8 Å². The Balaban J connectivity index is 1.31. The lowest BCUT2D eigenvalue weighted by Crippen LogP contribution is -2.49. The van der Waals surface area contributed by atoms with Crippen LogP contribution >= 0.6 is 0 Å². The quantitative estimate of drug-likeness (QED) is 0.496. The minimum atomic E-state index is -0.453. The highest BCUT2D eigenvalue weighted by Gasteiger charge is 2.55. The number of aliphatic imine (C=N–C) groups is 1. The van der Waals surface area contributed by atoms with Crippen LogP contribution in [0.3, 0.4) is 0 Å². The predicted molar refractivity (Wildman–Crippen MR) is 149 cm³/mol. The van der Waals surface area contributed by atoms with Crippen LogP contribution in [0.2, 0.25) is 0 Å². The molecule has 1 aromatic carbocycles. The van der Waals surface area contributed by atoms with Crippen LogP contribution in [-0.2, 0) is 16.1 Å². The van der Waals surface area contributed by atoms with E-state index in [1.54, 1.807) is 21.8 Å². The third-order valence-corrected chi connectivity index (χ3v) is 7.73. The number of hydrogen-bond donors (Lipinski definition) is 1. The zero-order valence-corrected chi connectivity index (χ0v) is 23.4. The first-order valence-electron chi connectivity index (χ1n) is 13.7. The Morgan fingerprint density at radius 3 is 2.69 bits per heavy atom. The van der Waals surface area contributed by atoms with Crippen LogP contribution in [0.25, 0.3) is 10.9 Å². The number of fused-ring (bicyclic) bond motifs is 2. The molecule has 0 bridgehead atoms. The number of amides is 2. The van der Waals surface area contributed by atoms with Gasteiger partial charge < -0.3 is 19.9 Å². The summed E-state index contributed by atoms with van der Waals surface area (Å²) in [6, 6.07) is 5.08. The highest BCUT2D eigenvalue weighted by atomic mass is 16.5. The highest BCUT2D eigenvalue weighted by molar-refractivity contribution is 6.05. The number of amidine groups is 1. The molecule has 2 fully saturated rings. The molecule has 3 aliphatic rings. The van der Waals surface area contributed by atoms with E-state index in [2.05, 4.69) is 36.2 Å². The maximum atomic E-state index is 13.5. The second-order valence-electron chi connectivity index (χ2n) is 12.1. The molecular formula is C29H38N6O4. The van der Waals surface area contributed by atoms with Crippen LogP contribution in [0, 0.1) is 11.3 Å². The Bertz CT molecular complexity index is 1350. The van der Waals surface area contributed by atoms with Gasteiger partial charge >= 0.3 is 0 Å². The molecule has 10 heteroatoms. The Morgan fingerprint density at radius 1 is 1.18 bits per heavy atom. The lowest BCUT2D eigenvalue weighted by atomic mass is 9.92. The van der Waals surface area contributed by atoms with Crippen molar-refractivity contribution in [2.45, 2.75) is 65.6 Å². The number of nitrogens with one attached hydrogen (secondary N) is 1. The molecule has 1 aliphatic carbocycles. The van der Waals surface area contributed by atoms with Crippen molar-refractivity contribution in [2.24, 2.45) is 16.3 Å². The van der Waals surface area contributed by atoms with Crippen LogP contribution in [0.5, 0.6) is 5.75 Å². The van der Waals surface area contributed by atoms with Crippen molar-refractivity contribution in [1.29, 1.82) is 0 Å². The van der Waals surface area contributed by atoms with Gasteiger partial charge in [0, 0.05) is 44.7 Å². The molecular weight excluding hydrogens is 496 g/mol. The molecule has 0 unspecified atom stereocenters. The van der Waals surface area contributed by atoms with Gasteiger partial charge in [-0.2, -0.15) is 5.10 Å². The average molecular weight is 535 g/mol. The van der Waals surface area contributed by atoms with Crippen LogP contribution in [0.15, 0.2) is 35.5 Å². The number of nitrogens with zero attached hydrogens (tertiary/aromatic N) is 5. The molecule has 3 heterocycles. The van der Waals surface area contributed by atoms with Gasteiger partial charge in [-0.15, -0.1) is 0 Å². The number of hydrogen-bond acceptors (Lipinski definition) is 7. The monoisotopic (exact) mass is 534 g/mol. The second-order valence-corrected chi connectivity index (χ2v) is 12.1. The molecule has 2 aliphatic heterocycles. The summed E-state index contributed by atoms with van der Waals surface area (Å²) in [5, 5.41) is 8.18. The number of benzene rings is 1. The van der Waals surface area contributed by atoms with E-state index in [1.165, 1.54) is 6.92 Å². The normalized spacial score (nSPS) is 22.1. The molecule has 0 spiro atoms. The van der Waals surface area contributed by atoms with Crippen molar-refractivity contribution in [3.05, 3.63) is 36.2 Å². The Morgan fingerprint density at radius 2 is 1.97 bits per heavy atom. The molecule has 2 amide bonds. The van der Waals surface area contributed by atoms with Crippen LogP contribution in [0.4, 0.5) is 0 Å². The van der Waals surface area contributed by atoms with Crippen molar-refractivity contribution >= 4 is 34.3 Å². The molecule has 39 heavy (non-hydrogen) atoms. The first-order chi connectivity index (χ1) is 18.5. The fourth-order valence-electron chi connectivity index (χ4n) is 5.41. The first kappa shape index (κ1) is 26.9. The fraction of sp³-hybridized carbons (Fsp3) is 0.552. The van der Waals surface area contributed by atoms with Crippen molar-refractivity contribution in [1.82, 2.24) is 24.9 Å². The molecule has 1 N–H and O–H groups in total. The SMILES string of the molecule is CC(=O)c1nn(CC(=O)N2[C@@H]3C[C@@H]3C[C@H]2C(=O)NCCC(C)(C)C)c2ccc(OCC3=NC=CCN3C)cc12.